The number of aromatic nitrogens is 2. The summed E-state index contributed by atoms with van der Waals surface area (Å²) in [5.74, 6) is -0.396. The van der Waals surface area contributed by atoms with Gasteiger partial charge in [-0.15, -0.1) is 0 Å². The van der Waals surface area contributed by atoms with Crippen molar-refractivity contribution >= 4 is 16.9 Å². The van der Waals surface area contributed by atoms with Crippen LogP contribution in [0.2, 0.25) is 0 Å². The summed E-state index contributed by atoms with van der Waals surface area (Å²) in [4.78, 5) is 19.6. The highest BCUT2D eigenvalue weighted by Crippen LogP contribution is 2.35. The average molecular weight is 396 g/mol. The number of nitrogens with one attached hydrogen (secondary N) is 2. The van der Waals surface area contributed by atoms with E-state index in [1.165, 1.54) is 16.7 Å². The van der Waals surface area contributed by atoms with Crippen LogP contribution < -0.4 is 11.1 Å². The Balaban J connectivity index is 1.63. The number of nitrogens with zero attached hydrogens (tertiary/aromatic N) is 1. The van der Waals surface area contributed by atoms with Crippen molar-refractivity contribution in [2.45, 2.75) is 26.8 Å². The number of amides is 1. The summed E-state index contributed by atoms with van der Waals surface area (Å²) in [6.45, 7) is 5.93. The molecule has 0 aliphatic carbocycles. The molecule has 0 unspecified atom stereocenters. The van der Waals surface area contributed by atoms with Crippen LogP contribution in [0.4, 0.5) is 0 Å². The zero-order chi connectivity index (χ0) is 20.8. The lowest BCUT2D eigenvalue weighted by Gasteiger charge is -2.18. The number of aromatic amines is 1. The Morgan fingerprint density at radius 2 is 1.87 bits per heavy atom. The zero-order valence-corrected chi connectivity index (χ0v) is 17.2. The highest BCUT2D eigenvalue weighted by Gasteiger charge is 2.16. The first-order valence-corrected chi connectivity index (χ1v) is 10.2. The Morgan fingerprint density at radius 1 is 1.00 bits per heavy atom. The van der Waals surface area contributed by atoms with Gasteiger partial charge in [0, 0.05) is 41.0 Å². The molecule has 4 N–H and O–H groups in total. The highest BCUT2D eigenvalue weighted by atomic mass is 16.1. The van der Waals surface area contributed by atoms with Crippen molar-refractivity contribution in [2.24, 2.45) is 5.73 Å². The molecule has 0 spiro atoms. The number of fused-ring (bicyclic) bond motifs is 2. The number of hydrogen-bond donors (Lipinski definition) is 3. The summed E-state index contributed by atoms with van der Waals surface area (Å²) in [6, 6.07) is 12.7. The third kappa shape index (κ3) is 2.99. The van der Waals surface area contributed by atoms with Gasteiger partial charge in [-0.05, 0) is 78.4 Å². The van der Waals surface area contributed by atoms with E-state index in [-0.39, 0.29) is 0 Å². The van der Waals surface area contributed by atoms with Gasteiger partial charge < -0.3 is 16.0 Å². The number of H-pyrrole nitrogens is 1. The quantitative estimate of drug-likeness (QED) is 0.484. The number of primary amides is 1. The summed E-state index contributed by atoms with van der Waals surface area (Å²) >= 11 is 0. The van der Waals surface area contributed by atoms with E-state index in [2.05, 4.69) is 39.6 Å². The summed E-state index contributed by atoms with van der Waals surface area (Å²) in [5, 5.41) is 4.51. The first-order valence-electron chi connectivity index (χ1n) is 10.2. The third-order valence-electron chi connectivity index (χ3n) is 6.30. The van der Waals surface area contributed by atoms with Gasteiger partial charge in [0.1, 0.15) is 5.65 Å². The van der Waals surface area contributed by atoms with Crippen LogP contribution in [0.5, 0.6) is 0 Å². The van der Waals surface area contributed by atoms with E-state index >= 15 is 0 Å². The summed E-state index contributed by atoms with van der Waals surface area (Å²) in [5.41, 5.74) is 16.1. The maximum atomic E-state index is 11.7. The summed E-state index contributed by atoms with van der Waals surface area (Å²) in [7, 11) is 0. The molecule has 0 radical (unpaired) electrons. The van der Waals surface area contributed by atoms with Gasteiger partial charge in [-0.3, -0.25) is 4.79 Å². The lowest BCUT2D eigenvalue weighted by molar-refractivity contribution is 0.0999. The van der Waals surface area contributed by atoms with Gasteiger partial charge in [-0.1, -0.05) is 18.2 Å². The summed E-state index contributed by atoms with van der Waals surface area (Å²) in [6.07, 6.45) is 4.99. The van der Waals surface area contributed by atoms with Gasteiger partial charge in [-0.2, -0.15) is 0 Å². The minimum Gasteiger partial charge on any atom is -0.366 e. The molecule has 1 aliphatic heterocycles. The molecule has 0 atom stereocenters. The molecule has 0 saturated heterocycles. The molecular formula is C25H24N4O. The molecule has 150 valence electrons. The number of nitrogens with two attached hydrogens (primary N) is 1. The molecule has 4 aromatic rings. The number of rotatable bonds is 3. The molecule has 2 aromatic carbocycles. The first-order chi connectivity index (χ1) is 14.5. The van der Waals surface area contributed by atoms with Crippen LogP contribution in [0.1, 0.15) is 32.6 Å². The van der Waals surface area contributed by atoms with Gasteiger partial charge in [0.2, 0.25) is 5.91 Å². The van der Waals surface area contributed by atoms with Gasteiger partial charge in [0.25, 0.3) is 0 Å². The number of benzene rings is 2. The maximum Gasteiger partial charge on any atom is 0.248 e. The molecular weight excluding hydrogens is 372 g/mol. The Labute approximate surface area is 175 Å². The standard InChI is InChI=1S/C25H24N4O/c1-14-15(2)21(24(26)30)6-5-20(14)23-13-29-25-22(23)10-19(12-28-25)17-4-3-16-7-8-27-11-18(16)9-17/h3-6,9-10,12-13,27H,7-8,11H2,1-2H3,(H2,26,30)(H,28,29). The maximum absolute atomic E-state index is 11.7. The molecule has 0 bridgehead atoms. The van der Waals surface area contributed by atoms with Crippen molar-refractivity contribution in [3.63, 3.8) is 0 Å². The van der Waals surface area contributed by atoms with Crippen molar-refractivity contribution in [1.82, 2.24) is 15.3 Å². The molecule has 30 heavy (non-hydrogen) atoms. The van der Waals surface area contributed by atoms with E-state index in [4.69, 9.17) is 5.73 Å². The van der Waals surface area contributed by atoms with Crippen LogP contribution in [0.3, 0.4) is 0 Å². The second kappa shape index (κ2) is 7.11. The fraction of sp³-hybridized carbons (Fsp3) is 0.200. The molecule has 2 aromatic heterocycles. The molecule has 0 fully saturated rings. The number of hydrogen-bond acceptors (Lipinski definition) is 3. The number of carbonyl (C=O) groups excluding carboxylic acids is 1. The fourth-order valence-corrected chi connectivity index (χ4v) is 4.42. The zero-order valence-electron chi connectivity index (χ0n) is 17.2. The van der Waals surface area contributed by atoms with Crippen molar-refractivity contribution < 1.29 is 4.79 Å². The largest absolute Gasteiger partial charge is 0.366 e. The normalized spacial score (nSPS) is 13.4. The summed E-state index contributed by atoms with van der Waals surface area (Å²) < 4.78 is 0. The predicted octanol–water partition coefficient (Wildman–Crippen LogP) is 4.26. The molecule has 5 nitrogen and oxygen atoms in total. The second-order valence-corrected chi connectivity index (χ2v) is 8.01. The van der Waals surface area contributed by atoms with Gasteiger partial charge in [-0.25, -0.2) is 4.98 Å². The average Bonchev–Trinajstić information content (AvgIpc) is 3.18. The van der Waals surface area contributed by atoms with Crippen molar-refractivity contribution in [1.29, 1.82) is 0 Å². The first kappa shape index (κ1) is 18.6. The highest BCUT2D eigenvalue weighted by molar-refractivity contribution is 5.99. The Kier molecular flexibility index (Phi) is 4.40. The van der Waals surface area contributed by atoms with Gasteiger partial charge in [0.15, 0.2) is 0 Å². The fourth-order valence-electron chi connectivity index (χ4n) is 4.42. The van der Waals surface area contributed by atoms with Crippen LogP contribution in [0.15, 0.2) is 48.8 Å². The van der Waals surface area contributed by atoms with Crippen molar-refractivity contribution in [2.75, 3.05) is 6.54 Å². The Morgan fingerprint density at radius 3 is 2.70 bits per heavy atom. The lowest BCUT2D eigenvalue weighted by Crippen LogP contribution is -2.23. The predicted molar refractivity (Wildman–Crippen MR) is 120 cm³/mol. The topological polar surface area (TPSA) is 83.8 Å². The van der Waals surface area contributed by atoms with Crippen LogP contribution in [-0.2, 0) is 13.0 Å². The van der Waals surface area contributed by atoms with Crippen molar-refractivity contribution in [3.05, 3.63) is 76.6 Å². The Hall–Kier alpha value is -3.44. The van der Waals surface area contributed by atoms with Crippen LogP contribution >= 0.6 is 0 Å². The number of pyridine rings is 1. The lowest BCUT2D eigenvalue weighted by atomic mass is 9.92. The molecule has 1 aliphatic rings. The number of carbonyl (C=O) groups is 1. The van der Waals surface area contributed by atoms with E-state index in [9.17, 15) is 4.79 Å². The van der Waals surface area contributed by atoms with E-state index in [1.54, 1.807) is 0 Å². The van der Waals surface area contributed by atoms with E-state index in [1.807, 2.05) is 38.4 Å². The minimum absolute atomic E-state index is 0.396. The molecule has 5 heteroatoms. The Bertz CT molecular complexity index is 1300. The second-order valence-electron chi connectivity index (χ2n) is 8.01. The molecule has 0 saturated carbocycles. The monoisotopic (exact) mass is 396 g/mol. The minimum atomic E-state index is -0.396. The molecule has 1 amide bonds. The van der Waals surface area contributed by atoms with Gasteiger partial charge in [0.05, 0.1) is 0 Å². The van der Waals surface area contributed by atoms with Gasteiger partial charge >= 0.3 is 0 Å². The van der Waals surface area contributed by atoms with Crippen LogP contribution in [0, 0.1) is 13.8 Å². The SMILES string of the molecule is Cc1c(C(N)=O)ccc(-c2c[nH]c3ncc(-c4ccc5c(c4)CNCC5)cc23)c1C. The van der Waals surface area contributed by atoms with Crippen LogP contribution in [-0.4, -0.2) is 22.4 Å². The molecule has 3 heterocycles. The molecule has 5 rings (SSSR count). The van der Waals surface area contributed by atoms with Crippen LogP contribution in [0.25, 0.3) is 33.3 Å². The third-order valence-corrected chi connectivity index (χ3v) is 6.30. The van der Waals surface area contributed by atoms with E-state index in [0.717, 1.165) is 58.4 Å². The van der Waals surface area contributed by atoms with E-state index < -0.39 is 5.91 Å². The van der Waals surface area contributed by atoms with E-state index in [0.29, 0.717) is 5.56 Å². The smallest absolute Gasteiger partial charge is 0.248 e. The van der Waals surface area contributed by atoms with Crippen molar-refractivity contribution in [3.8, 4) is 22.3 Å².